The number of amides is 6. The maximum Gasteiger partial charge on any atom is 0.279 e. The van der Waals surface area contributed by atoms with Crippen LogP contribution in [-0.2, 0) is 25.6 Å². The third-order valence-corrected chi connectivity index (χ3v) is 11.1. The minimum Gasteiger partial charge on any atom is -0.507 e. The van der Waals surface area contributed by atoms with Crippen molar-refractivity contribution < 1.29 is 52.9 Å². The first kappa shape index (κ1) is 41.8. The Hall–Kier alpha value is -6.31. The van der Waals surface area contributed by atoms with Gasteiger partial charge in [-0.05, 0) is 49.1 Å². The highest BCUT2D eigenvalue weighted by Gasteiger charge is 2.45. The number of benzene rings is 3. The predicted octanol–water partition coefficient (Wildman–Crippen LogP) is 2.19. The summed E-state index contributed by atoms with van der Waals surface area (Å²) in [5, 5.41) is 34.2. The maximum absolute atomic E-state index is 16.5. The van der Waals surface area contributed by atoms with Crippen molar-refractivity contribution in [3.63, 3.8) is 0 Å². The summed E-state index contributed by atoms with van der Waals surface area (Å²) in [6.07, 6.45) is -1.45. The number of carbonyl (C=O) groups excluding carboxylic acids is 6. The van der Waals surface area contributed by atoms with E-state index < -0.39 is 70.4 Å². The zero-order valence-electron chi connectivity index (χ0n) is 32.1. The summed E-state index contributed by atoms with van der Waals surface area (Å²) in [6, 6.07) is 8.60. The first-order chi connectivity index (χ1) is 28.7. The normalized spacial score (nSPS) is 16.8. The molecule has 20 heteroatoms. The van der Waals surface area contributed by atoms with E-state index in [2.05, 4.69) is 20.6 Å². The number of phenolic OH excluding ortho intramolecular Hbond substituents is 1. The number of aliphatic hydroxyl groups is 2. The van der Waals surface area contributed by atoms with E-state index in [-0.39, 0.29) is 103 Å². The number of rotatable bonds is 12. The van der Waals surface area contributed by atoms with E-state index in [0.717, 1.165) is 11.0 Å². The van der Waals surface area contributed by atoms with E-state index in [9.17, 15) is 48.5 Å². The molecule has 2 saturated heterocycles. The zero-order chi connectivity index (χ0) is 43.0. The average molecular weight is 849 g/mol. The number of piperazine rings is 1. The van der Waals surface area contributed by atoms with Crippen molar-refractivity contribution in [2.24, 2.45) is 0 Å². The molecule has 3 aromatic carbocycles. The Morgan fingerprint density at radius 2 is 1.73 bits per heavy atom. The van der Waals surface area contributed by atoms with E-state index in [1.165, 1.54) is 34.1 Å². The molecule has 3 aliphatic heterocycles. The largest absolute Gasteiger partial charge is 0.507 e. The number of nitrogens with one attached hydrogen (secondary N) is 2. The lowest BCUT2D eigenvalue weighted by Crippen LogP contribution is -2.54. The van der Waals surface area contributed by atoms with Crippen LogP contribution in [0.3, 0.4) is 0 Å². The first-order valence-electron chi connectivity index (χ1n) is 19.0. The minimum atomic E-state index is -2.18. The molecule has 0 aliphatic carbocycles. The van der Waals surface area contributed by atoms with Crippen molar-refractivity contribution >= 4 is 69.7 Å². The molecular weight excluding hydrogens is 810 g/mol. The van der Waals surface area contributed by atoms with Crippen LogP contribution in [0, 0.1) is 11.6 Å². The molecule has 2 fully saturated rings. The van der Waals surface area contributed by atoms with Gasteiger partial charge in [-0.3, -0.25) is 39.0 Å². The van der Waals surface area contributed by atoms with E-state index >= 15 is 4.39 Å². The fraction of sp³-hybridized carbons (Fsp3) is 0.350. The summed E-state index contributed by atoms with van der Waals surface area (Å²) in [7, 11) is 1.60. The van der Waals surface area contributed by atoms with Crippen LogP contribution >= 0.6 is 11.6 Å². The van der Waals surface area contributed by atoms with Crippen LogP contribution in [0.4, 0.5) is 20.5 Å². The van der Waals surface area contributed by atoms with Gasteiger partial charge in [0.15, 0.2) is 5.82 Å². The second-order valence-electron chi connectivity index (χ2n) is 14.5. The quantitative estimate of drug-likeness (QED) is 0.102. The molecule has 0 bridgehead atoms. The van der Waals surface area contributed by atoms with E-state index in [4.69, 9.17) is 11.6 Å². The number of nitrogens with zero attached hydrogens (tertiary/aromatic N) is 6. The highest BCUT2D eigenvalue weighted by Crippen LogP contribution is 2.42. The third-order valence-electron chi connectivity index (χ3n) is 10.8. The van der Waals surface area contributed by atoms with Crippen LogP contribution in [0.25, 0.3) is 22.0 Å². The van der Waals surface area contributed by atoms with Gasteiger partial charge in [-0.25, -0.2) is 13.8 Å². The summed E-state index contributed by atoms with van der Waals surface area (Å²) >= 11 is 6.53. The Kier molecular flexibility index (Phi) is 11.9. The van der Waals surface area contributed by atoms with E-state index in [0.29, 0.717) is 18.4 Å². The summed E-state index contributed by atoms with van der Waals surface area (Å²) in [5.41, 5.74) is -0.233. The lowest BCUT2D eigenvalue weighted by molar-refractivity contribution is -0.159. The van der Waals surface area contributed by atoms with Crippen molar-refractivity contribution in [1.29, 1.82) is 0 Å². The Morgan fingerprint density at radius 3 is 2.43 bits per heavy atom. The number of phenols is 1. The van der Waals surface area contributed by atoms with Crippen LogP contribution in [0.1, 0.15) is 52.0 Å². The molecule has 5 N–H and O–H groups in total. The van der Waals surface area contributed by atoms with Gasteiger partial charge in [-0.1, -0.05) is 29.8 Å². The Labute approximate surface area is 345 Å². The van der Waals surface area contributed by atoms with Crippen LogP contribution in [0.2, 0.25) is 5.02 Å². The highest BCUT2D eigenvalue weighted by molar-refractivity contribution is 6.34. The highest BCUT2D eigenvalue weighted by atomic mass is 35.5. The molecule has 6 amide bonds. The fourth-order valence-corrected chi connectivity index (χ4v) is 7.97. The second-order valence-corrected chi connectivity index (χ2v) is 14.9. The van der Waals surface area contributed by atoms with Gasteiger partial charge in [0.25, 0.3) is 17.7 Å². The predicted molar refractivity (Wildman–Crippen MR) is 211 cm³/mol. The number of aryl methyl sites for hydroxylation is 1. The van der Waals surface area contributed by atoms with Gasteiger partial charge in [0.1, 0.15) is 28.9 Å². The Balaban J connectivity index is 1.04. The molecule has 4 heterocycles. The SMILES string of the molecule is CN(CCCc1cccc2c1C(=O)N(C1CCC(=O)NC1=O)C2=O)C(=O)CCNc1nc(N2CCN(C(=O)C(O)O)CC2)c2cc(Cl)c(-c3c(O)cccc3F)c(F)c2n1. The molecule has 3 aliphatic rings. The minimum absolute atomic E-state index is 0.0000614. The van der Waals surface area contributed by atoms with Crippen LogP contribution < -0.4 is 15.5 Å². The number of aromatic hydroxyl groups is 1. The van der Waals surface area contributed by atoms with Crippen LogP contribution in [0.5, 0.6) is 5.75 Å². The van der Waals surface area contributed by atoms with Crippen molar-refractivity contribution in [3.8, 4) is 16.9 Å². The number of aromatic nitrogens is 2. The molecule has 7 rings (SSSR count). The fourth-order valence-electron chi connectivity index (χ4n) is 7.69. The van der Waals surface area contributed by atoms with Crippen molar-refractivity contribution in [2.45, 2.75) is 44.4 Å². The number of piperidine rings is 1. The number of aliphatic hydroxyl groups excluding tert-OH is 1. The number of carbonyl (C=O) groups is 6. The lowest BCUT2D eigenvalue weighted by Gasteiger charge is -2.36. The average Bonchev–Trinajstić information content (AvgIpc) is 3.47. The van der Waals surface area contributed by atoms with Crippen molar-refractivity contribution in [3.05, 3.63) is 75.8 Å². The van der Waals surface area contributed by atoms with Crippen LogP contribution in [-0.4, -0.2) is 134 Å². The third kappa shape index (κ3) is 8.02. The first-order valence-corrected chi connectivity index (χ1v) is 19.4. The van der Waals surface area contributed by atoms with Crippen LogP contribution in [0.15, 0.2) is 42.5 Å². The smallest absolute Gasteiger partial charge is 0.279 e. The summed E-state index contributed by atoms with van der Waals surface area (Å²) < 4.78 is 31.4. The van der Waals surface area contributed by atoms with Gasteiger partial charge in [-0.15, -0.1) is 0 Å². The molecule has 0 spiro atoms. The van der Waals surface area contributed by atoms with E-state index in [1.54, 1.807) is 24.1 Å². The molecule has 1 aromatic heterocycles. The second kappa shape index (κ2) is 17.1. The molecule has 314 valence electrons. The number of halogens is 3. The molecule has 60 heavy (non-hydrogen) atoms. The Bertz CT molecular complexity index is 2430. The lowest BCUT2D eigenvalue weighted by atomic mass is 9.99. The van der Waals surface area contributed by atoms with Gasteiger partial charge < -0.3 is 35.3 Å². The topological polar surface area (TPSA) is 226 Å². The monoisotopic (exact) mass is 848 g/mol. The molecule has 4 aromatic rings. The summed E-state index contributed by atoms with van der Waals surface area (Å²) in [4.78, 5) is 90.5. The maximum atomic E-state index is 16.5. The van der Waals surface area contributed by atoms with Gasteiger partial charge in [0.05, 0.1) is 21.7 Å². The Morgan fingerprint density at radius 1 is 1.00 bits per heavy atom. The number of imide groups is 2. The van der Waals surface area contributed by atoms with Gasteiger partial charge in [0, 0.05) is 70.1 Å². The van der Waals surface area contributed by atoms with E-state index in [1.807, 2.05) is 0 Å². The number of fused-ring (bicyclic) bond motifs is 2. The molecular formula is C40H39ClF2N8O9. The molecule has 17 nitrogen and oxygen atoms in total. The van der Waals surface area contributed by atoms with Crippen molar-refractivity contribution in [2.75, 3.05) is 56.5 Å². The van der Waals surface area contributed by atoms with Gasteiger partial charge >= 0.3 is 0 Å². The number of hydrogen-bond donors (Lipinski definition) is 5. The summed E-state index contributed by atoms with van der Waals surface area (Å²) in [5.74, 6) is -5.97. The molecule has 0 saturated carbocycles. The molecule has 1 atom stereocenters. The molecule has 1 unspecified atom stereocenters. The standard InChI is InChI=1S/C40H39ClF2N8O9/c1-48(14-4-6-20-5-2-7-21-29(20)37(57)51(36(21)56)25-10-11-27(53)45-35(25)55)28(54)12-13-44-40-46-33-22(34(47-40)49-15-17-50(18-16-49)38(58)39(59)60)19-23(41)30(32(33)43)31-24(42)8-3-9-26(31)52/h2-3,5,7-9,19,25,39,52,59-60H,4,6,10-18H2,1H3,(H,44,46,47)(H,45,53,55). The summed E-state index contributed by atoms with van der Waals surface area (Å²) in [6.45, 7) is 0.723. The van der Waals surface area contributed by atoms with Gasteiger partial charge in [-0.2, -0.15) is 4.98 Å². The zero-order valence-corrected chi connectivity index (χ0v) is 32.8. The number of anilines is 2. The number of hydrogen-bond acceptors (Lipinski definition) is 13. The molecule has 0 radical (unpaired) electrons. The van der Waals surface area contributed by atoms with Crippen molar-refractivity contribution in [1.82, 2.24) is 30.0 Å². The van der Waals surface area contributed by atoms with Gasteiger partial charge in [0.2, 0.25) is 30.0 Å².